The molecule has 9 heteroatoms. The van der Waals surface area contributed by atoms with Crippen LogP contribution in [0.4, 0.5) is 0 Å². The molecule has 0 unspecified atom stereocenters. The number of rotatable bonds is 7. The Balaban J connectivity index is 0.00000289. The first-order valence-corrected chi connectivity index (χ1v) is 11.9. The van der Waals surface area contributed by atoms with E-state index in [9.17, 15) is 14.7 Å². The lowest BCUT2D eigenvalue weighted by Crippen LogP contribution is -2.44. The highest BCUT2D eigenvalue weighted by atomic mass is 35.5. The normalized spacial score (nSPS) is 18.0. The van der Waals surface area contributed by atoms with Crippen LogP contribution < -0.4 is 10.3 Å². The summed E-state index contributed by atoms with van der Waals surface area (Å²) in [7, 11) is 0. The first-order chi connectivity index (χ1) is 16.4. The van der Waals surface area contributed by atoms with Crippen molar-refractivity contribution in [2.45, 2.75) is 45.9 Å². The van der Waals surface area contributed by atoms with E-state index in [0.717, 1.165) is 41.9 Å². The number of carbonyl (C=O) groups is 1. The molecule has 0 aliphatic carbocycles. The van der Waals surface area contributed by atoms with E-state index >= 15 is 0 Å². The molecular formula is C26H30ClN3O5. The maximum atomic E-state index is 13.3. The highest BCUT2D eigenvalue weighted by Gasteiger charge is 2.45. The number of hydrogen-bond donors (Lipinski definition) is 1. The van der Waals surface area contributed by atoms with Crippen LogP contribution in [0.1, 0.15) is 43.9 Å². The van der Waals surface area contributed by atoms with E-state index in [-0.39, 0.29) is 31.0 Å². The van der Waals surface area contributed by atoms with E-state index in [1.165, 1.54) is 0 Å². The molecule has 1 atom stereocenters. The number of ether oxygens (including phenoxy) is 2. The van der Waals surface area contributed by atoms with Gasteiger partial charge in [0, 0.05) is 23.1 Å². The van der Waals surface area contributed by atoms with Crippen molar-refractivity contribution in [1.82, 2.24) is 14.5 Å². The van der Waals surface area contributed by atoms with Gasteiger partial charge >= 0.3 is 5.97 Å². The van der Waals surface area contributed by atoms with E-state index in [0.29, 0.717) is 35.7 Å². The van der Waals surface area contributed by atoms with Crippen molar-refractivity contribution >= 4 is 29.3 Å². The Kier molecular flexibility index (Phi) is 6.90. The minimum Gasteiger partial charge on any atom is -0.492 e. The van der Waals surface area contributed by atoms with Crippen molar-refractivity contribution < 1.29 is 19.4 Å². The molecule has 4 heterocycles. The zero-order valence-electron chi connectivity index (χ0n) is 20.2. The molecule has 2 aromatic heterocycles. The van der Waals surface area contributed by atoms with Crippen LogP contribution in [0.5, 0.6) is 5.75 Å². The number of pyridine rings is 2. The number of aliphatic hydroxyl groups is 1. The van der Waals surface area contributed by atoms with Crippen molar-refractivity contribution in [3.8, 4) is 17.1 Å². The van der Waals surface area contributed by atoms with Crippen LogP contribution in [-0.2, 0) is 28.3 Å². The third-order valence-corrected chi connectivity index (χ3v) is 7.07. The maximum Gasteiger partial charge on any atom is 0.343 e. The summed E-state index contributed by atoms with van der Waals surface area (Å²) in [6.07, 6.45) is 0.119. The molecule has 3 aromatic rings. The number of nitrogens with zero attached hydrogens (tertiary/aromatic N) is 3. The van der Waals surface area contributed by atoms with Gasteiger partial charge in [0.25, 0.3) is 5.56 Å². The van der Waals surface area contributed by atoms with E-state index < -0.39 is 11.6 Å². The van der Waals surface area contributed by atoms with Gasteiger partial charge in [-0.05, 0) is 43.8 Å². The summed E-state index contributed by atoms with van der Waals surface area (Å²) in [4.78, 5) is 32.8. The Morgan fingerprint density at radius 2 is 1.97 bits per heavy atom. The third kappa shape index (κ3) is 3.99. The van der Waals surface area contributed by atoms with E-state index in [4.69, 9.17) is 14.5 Å². The fourth-order valence-electron chi connectivity index (χ4n) is 4.93. The summed E-state index contributed by atoms with van der Waals surface area (Å²) in [5.41, 5.74) is 1.52. The predicted octanol–water partition coefficient (Wildman–Crippen LogP) is 3.22. The fraction of sp³-hybridized carbons (Fsp3) is 0.423. The summed E-state index contributed by atoms with van der Waals surface area (Å²) in [5.74, 6) is 0.0463. The molecule has 1 N–H and O–H groups in total. The monoisotopic (exact) mass is 499 g/mol. The van der Waals surface area contributed by atoms with Gasteiger partial charge in [-0.1, -0.05) is 26.8 Å². The number of esters is 1. The van der Waals surface area contributed by atoms with Gasteiger partial charge in [-0.25, -0.2) is 9.78 Å². The van der Waals surface area contributed by atoms with Crippen molar-refractivity contribution in [1.29, 1.82) is 0 Å². The highest BCUT2D eigenvalue weighted by molar-refractivity contribution is 5.89. The maximum absolute atomic E-state index is 13.3. The van der Waals surface area contributed by atoms with Crippen molar-refractivity contribution in [2.24, 2.45) is 0 Å². The lowest BCUT2D eigenvalue weighted by atomic mass is 9.86. The van der Waals surface area contributed by atoms with Gasteiger partial charge in [0.2, 0.25) is 0 Å². The van der Waals surface area contributed by atoms with Gasteiger partial charge in [0.15, 0.2) is 5.60 Å². The number of aromatic nitrogens is 2. The molecule has 0 fully saturated rings. The van der Waals surface area contributed by atoms with Crippen LogP contribution in [0.2, 0.25) is 0 Å². The first-order valence-electron chi connectivity index (χ1n) is 11.9. The van der Waals surface area contributed by atoms with Crippen LogP contribution in [0, 0.1) is 0 Å². The molecule has 8 nitrogen and oxygen atoms in total. The molecule has 5 rings (SSSR count). The van der Waals surface area contributed by atoms with Gasteiger partial charge in [-0.15, -0.1) is 12.4 Å². The second-order valence-electron chi connectivity index (χ2n) is 8.80. The van der Waals surface area contributed by atoms with Crippen LogP contribution in [-0.4, -0.2) is 51.8 Å². The van der Waals surface area contributed by atoms with E-state index in [2.05, 4.69) is 18.7 Å². The average molecular weight is 500 g/mol. The smallest absolute Gasteiger partial charge is 0.343 e. The SMILES string of the molecule is CCN(CC)CCOc1cccc2nc3c(cc12)Cn1c-3cc2c(c1=O)COC(=O)[C@]2(O)CC.Cl. The second kappa shape index (κ2) is 9.60. The van der Waals surface area contributed by atoms with Crippen LogP contribution in [0.3, 0.4) is 0 Å². The molecule has 0 radical (unpaired) electrons. The Bertz CT molecular complexity index is 1350. The van der Waals surface area contributed by atoms with E-state index in [1.54, 1.807) is 17.6 Å². The largest absolute Gasteiger partial charge is 0.492 e. The number of benzene rings is 1. The van der Waals surface area contributed by atoms with Crippen molar-refractivity contribution in [3.63, 3.8) is 0 Å². The molecular weight excluding hydrogens is 470 g/mol. The topological polar surface area (TPSA) is 93.9 Å². The Hall–Kier alpha value is -2.94. The van der Waals surface area contributed by atoms with Crippen LogP contribution in [0.15, 0.2) is 35.1 Å². The van der Waals surface area contributed by atoms with Gasteiger partial charge in [0.1, 0.15) is 19.0 Å². The lowest BCUT2D eigenvalue weighted by Gasteiger charge is -2.31. The van der Waals surface area contributed by atoms with Gasteiger partial charge in [0.05, 0.1) is 29.0 Å². The summed E-state index contributed by atoms with van der Waals surface area (Å²) in [5, 5.41) is 11.9. The zero-order chi connectivity index (χ0) is 24.0. The fourth-order valence-corrected chi connectivity index (χ4v) is 4.93. The van der Waals surface area contributed by atoms with Crippen molar-refractivity contribution in [2.75, 3.05) is 26.2 Å². The van der Waals surface area contributed by atoms with Gasteiger partial charge < -0.3 is 24.0 Å². The second-order valence-corrected chi connectivity index (χ2v) is 8.80. The molecule has 0 bridgehead atoms. The molecule has 35 heavy (non-hydrogen) atoms. The number of carbonyl (C=O) groups excluding carboxylic acids is 1. The molecule has 2 aliphatic heterocycles. The molecule has 2 aliphatic rings. The molecule has 0 spiro atoms. The molecule has 186 valence electrons. The molecule has 0 saturated carbocycles. The summed E-state index contributed by atoms with van der Waals surface area (Å²) in [6.45, 7) is 9.57. The Morgan fingerprint density at radius 3 is 2.69 bits per heavy atom. The number of cyclic esters (lactones) is 1. The molecule has 0 saturated heterocycles. The quantitative estimate of drug-likeness (QED) is 0.390. The van der Waals surface area contributed by atoms with Gasteiger partial charge in [-0.2, -0.15) is 0 Å². The molecule has 1 aromatic carbocycles. The Morgan fingerprint density at radius 1 is 1.20 bits per heavy atom. The predicted molar refractivity (Wildman–Crippen MR) is 135 cm³/mol. The van der Waals surface area contributed by atoms with Crippen molar-refractivity contribution in [3.05, 3.63) is 57.4 Å². The summed E-state index contributed by atoms with van der Waals surface area (Å²) >= 11 is 0. The zero-order valence-corrected chi connectivity index (χ0v) is 21.0. The number of hydrogen-bond acceptors (Lipinski definition) is 7. The number of fused-ring (bicyclic) bond motifs is 5. The number of halogens is 1. The summed E-state index contributed by atoms with van der Waals surface area (Å²) < 4.78 is 12.9. The minimum absolute atomic E-state index is 0. The minimum atomic E-state index is -1.83. The highest BCUT2D eigenvalue weighted by Crippen LogP contribution is 2.39. The Labute approximate surface area is 209 Å². The average Bonchev–Trinajstić information content (AvgIpc) is 3.21. The van der Waals surface area contributed by atoms with Crippen LogP contribution >= 0.6 is 12.4 Å². The molecule has 0 amide bonds. The van der Waals surface area contributed by atoms with Crippen LogP contribution in [0.25, 0.3) is 22.3 Å². The summed E-state index contributed by atoms with van der Waals surface area (Å²) in [6, 6.07) is 9.54. The number of likely N-dealkylation sites (N-methyl/N-ethyl adjacent to an activating group) is 1. The lowest BCUT2D eigenvalue weighted by molar-refractivity contribution is -0.172. The third-order valence-electron chi connectivity index (χ3n) is 7.07. The van der Waals surface area contributed by atoms with Gasteiger partial charge in [-0.3, -0.25) is 4.79 Å². The van der Waals surface area contributed by atoms with E-state index in [1.807, 2.05) is 24.3 Å². The first kappa shape index (κ1) is 25.2. The standard InChI is InChI=1S/C26H29N3O5.ClH/c1-4-26(32)19-13-21-23-16(14-29(21)24(30)18(19)15-34-25(26)31)12-17-20(27-23)8-7-9-22(17)33-11-10-28(5-2)6-3;/h7-9,12-13,32H,4-6,10-11,14-15H2,1-3H3;1H/t26-;/m0./s1.